The van der Waals surface area contributed by atoms with E-state index in [9.17, 15) is 0 Å². The molecule has 5 nitrogen and oxygen atoms in total. The van der Waals surface area contributed by atoms with Gasteiger partial charge in [-0.05, 0) is 78.8 Å². The van der Waals surface area contributed by atoms with E-state index in [1.165, 1.54) is 10.8 Å². The van der Waals surface area contributed by atoms with Crippen LogP contribution < -0.4 is 0 Å². The monoisotopic (exact) mass is 778 g/mol. The molecule has 0 aliphatic rings. The van der Waals surface area contributed by atoms with Gasteiger partial charge >= 0.3 is 0 Å². The second-order valence-corrected chi connectivity index (χ2v) is 15.4. The molecular weight excluding hydrogens is 745 g/mol. The first kappa shape index (κ1) is 34.7. The van der Waals surface area contributed by atoms with Gasteiger partial charge in [-0.25, -0.2) is 19.9 Å². The standard InChI is InChI=1S/C56H34N4O/c1-3-13-37(14-4-1)44-18-9-10-19-47(44)54-58-53(40-27-22-36(23-28-40)43-29-24-35-12-7-8-17-42(35)34-43)59-55(60-54)48-21-11-20-46-45(48)32-30-38-25-26-39-31-33-49-52(51(39)50(38)46)61-56(57-49)41-15-5-2-6-16-41/h1-34H. The smallest absolute Gasteiger partial charge is 0.227 e. The lowest BCUT2D eigenvalue weighted by Crippen LogP contribution is -2.01. The van der Waals surface area contributed by atoms with Gasteiger partial charge in [0.2, 0.25) is 5.89 Å². The van der Waals surface area contributed by atoms with Gasteiger partial charge in [0, 0.05) is 33.0 Å². The molecule has 0 N–H and O–H groups in total. The molecule has 2 heterocycles. The molecule has 0 bridgehead atoms. The molecule has 10 aromatic carbocycles. The molecule has 0 atom stereocenters. The maximum absolute atomic E-state index is 6.63. The van der Waals surface area contributed by atoms with Gasteiger partial charge in [-0.15, -0.1) is 0 Å². The molecule has 0 spiro atoms. The summed E-state index contributed by atoms with van der Waals surface area (Å²) in [7, 11) is 0. The summed E-state index contributed by atoms with van der Waals surface area (Å²) in [6.07, 6.45) is 0. The van der Waals surface area contributed by atoms with E-state index in [1.54, 1.807) is 0 Å². The van der Waals surface area contributed by atoms with Gasteiger partial charge in [0.1, 0.15) is 5.52 Å². The second kappa shape index (κ2) is 14.2. The summed E-state index contributed by atoms with van der Waals surface area (Å²) < 4.78 is 6.63. The Bertz CT molecular complexity index is 3640. The van der Waals surface area contributed by atoms with Crippen molar-refractivity contribution in [3.05, 3.63) is 206 Å². The maximum atomic E-state index is 6.63. The first-order valence-electron chi connectivity index (χ1n) is 20.5. The molecule has 12 aromatic rings. The number of nitrogens with zero attached hydrogens (tertiary/aromatic N) is 4. The van der Waals surface area contributed by atoms with Gasteiger partial charge in [0.15, 0.2) is 23.1 Å². The Morgan fingerprint density at radius 1 is 0.295 bits per heavy atom. The third-order valence-electron chi connectivity index (χ3n) is 11.8. The van der Waals surface area contributed by atoms with Crippen LogP contribution in [0.1, 0.15) is 0 Å². The molecule has 0 saturated heterocycles. The van der Waals surface area contributed by atoms with Crippen LogP contribution in [0.2, 0.25) is 0 Å². The van der Waals surface area contributed by atoms with E-state index in [2.05, 4.69) is 158 Å². The van der Waals surface area contributed by atoms with Gasteiger partial charge in [-0.3, -0.25) is 0 Å². The van der Waals surface area contributed by atoms with Crippen molar-refractivity contribution in [3.63, 3.8) is 0 Å². The Morgan fingerprint density at radius 2 is 0.869 bits per heavy atom. The van der Waals surface area contributed by atoms with E-state index >= 15 is 0 Å². The van der Waals surface area contributed by atoms with Crippen LogP contribution in [0, 0.1) is 0 Å². The summed E-state index contributed by atoms with van der Waals surface area (Å²) in [4.78, 5) is 20.7. The van der Waals surface area contributed by atoms with E-state index in [4.69, 9.17) is 24.4 Å². The predicted octanol–water partition coefficient (Wildman–Crippen LogP) is 14.6. The quantitative estimate of drug-likeness (QED) is 0.157. The summed E-state index contributed by atoms with van der Waals surface area (Å²) in [5.74, 6) is 2.42. The molecule has 0 fully saturated rings. The number of oxazole rings is 1. The van der Waals surface area contributed by atoms with Gasteiger partial charge in [0.05, 0.1) is 0 Å². The van der Waals surface area contributed by atoms with E-state index < -0.39 is 0 Å². The van der Waals surface area contributed by atoms with Gasteiger partial charge in [-0.1, -0.05) is 182 Å². The molecule has 0 radical (unpaired) electrons. The van der Waals surface area contributed by atoms with Crippen LogP contribution in [0.4, 0.5) is 0 Å². The van der Waals surface area contributed by atoms with Crippen LogP contribution in [0.25, 0.3) is 122 Å². The first-order chi connectivity index (χ1) is 30.2. The fourth-order valence-corrected chi connectivity index (χ4v) is 8.75. The Kier molecular flexibility index (Phi) is 8.10. The highest BCUT2D eigenvalue weighted by molar-refractivity contribution is 6.27. The van der Waals surface area contributed by atoms with Crippen molar-refractivity contribution in [2.24, 2.45) is 0 Å². The maximum Gasteiger partial charge on any atom is 0.227 e. The highest BCUT2D eigenvalue weighted by Gasteiger charge is 2.20. The average Bonchev–Trinajstić information content (AvgIpc) is 3.79. The van der Waals surface area contributed by atoms with E-state index in [0.29, 0.717) is 23.4 Å². The van der Waals surface area contributed by atoms with Crippen LogP contribution in [-0.4, -0.2) is 19.9 Å². The van der Waals surface area contributed by atoms with Crippen LogP contribution in [0.15, 0.2) is 211 Å². The normalized spacial score (nSPS) is 11.6. The molecule has 5 heteroatoms. The summed E-state index contributed by atoms with van der Waals surface area (Å²) in [5.41, 5.74) is 9.74. The average molecular weight is 779 g/mol. The zero-order chi connectivity index (χ0) is 40.3. The molecule has 0 aliphatic heterocycles. The van der Waals surface area contributed by atoms with Crippen molar-refractivity contribution in [1.29, 1.82) is 0 Å². The third kappa shape index (κ3) is 6.02. The number of fused-ring (bicyclic) bond motifs is 8. The lowest BCUT2D eigenvalue weighted by molar-refractivity contribution is 0.623. The second-order valence-electron chi connectivity index (χ2n) is 15.4. The number of hydrogen-bond donors (Lipinski definition) is 0. The van der Waals surface area contributed by atoms with Crippen LogP contribution in [0.3, 0.4) is 0 Å². The number of rotatable bonds is 6. The van der Waals surface area contributed by atoms with Crippen LogP contribution in [-0.2, 0) is 0 Å². The molecule has 61 heavy (non-hydrogen) atoms. The number of benzene rings is 10. The summed E-state index contributed by atoms with van der Waals surface area (Å²) in [5, 5.41) is 8.89. The summed E-state index contributed by atoms with van der Waals surface area (Å²) >= 11 is 0. The molecular formula is C56H34N4O. The first-order valence-corrected chi connectivity index (χ1v) is 20.5. The van der Waals surface area contributed by atoms with Crippen molar-refractivity contribution in [3.8, 4) is 67.9 Å². The van der Waals surface area contributed by atoms with Crippen LogP contribution >= 0.6 is 0 Å². The molecule has 0 saturated carbocycles. The van der Waals surface area contributed by atoms with Crippen molar-refractivity contribution in [1.82, 2.24) is 19.9 Å². The Morgan fingerprint density at radius 3 is 1.67 bits per heavy atom. The van der Waals surface area contributed by atoms with Gasteiger partial charge < -0.3 is 4.42 Å². The molecule has 12 rings (SSSR count). The number of hydrogen-bond acceptors (Lipinski definition) is 5. The van der Waals surface area contributed by atoms with Gasteiger partial charge in [-0.2, -0.15) is 0 Å². The minimum absolute atomic E-state index is 0.600. The molecule has 284 valence electrons. The lowest BCUT2D eigenvalue weighted by Gasteiger charge is -2.14. The van der Waals surface area contributed by atoms with E-state index in [1.807, 2.05) is 48.5 Å². The SMILES string of the molecule is c1ccc(-c2nc3ccc4ccc5ccc6c(-c7nc(-c8ccc(-c9ccc%10ccccc%10c9)cc8)nc(-c8ccccc8-c8ccccc8)n7)cccc6c5c4c3o2)cc1. The molecule has 0 unspecified atom stereocenters. The summed E-state index contributed by atoms with van der Waals surface area (Å²) in [6, 6.07) is 71.8. The fourth-order valence-electron chi connectivity index (χ4n) is 8.75. The molecule has 0 aliphatic carbocycles. The Labute approximate surface area is 351 Å². The van der Waals surface area contributed by atoms with Crippen LogP contribution in [0.5, 0.6) is 0 Å². The highest BCUT2D eigenvalue weighted by atomic mass is 16.3. The predicted molar refractivity (Wildman–Crippen MR) is 250 cm³/mol. The van der Waals surface area contributed by atoms with Crippen molar-refractivity contribution in [2.45, 2.75) is 0 Å². The van der Waals surface area contributed by atoms with Crippen molar-refractivity contribution >= 4 is 54.2 Å². The lowest BCUT2D eigenvalue weighted by atomic mass is 9.93. The largest absolute Gasteiger partial charge is 0.435 e. The minimum atomic E-state index is 0.600. The zero-order valence-electron chi connectivity index (χ0n) is 32.8. The minimum Gasteiger partial charge on any atom is -0.435 e. The Balaban J connectivity index is 1.06. The highest BCUT2D eigenvalue weighted by Crippen LogP contribution is 2.41. The molecule has 0 amide bonds. The zero-order valence-corrected chi connectivity index (χ0v) is 32.8. The van der Waals surface area contributed by atoms with Crippen molar-refractivity contribution in [2.75, 3.05) is 0 Å². The molecule has 2 aromatic heterocycles. The topological polar surface area (TPSA) is 64.7 Å². The third-order valence-corrected chi connectivity index (χ3v) is 11.8. The van der Waals surface area contributed by atoms with E-state index in [0.717, 1.165) is 87.9 Å². The summed E-state index contributed by atoms with van der Waals surface area (Å²) in [6.45, 7) is 0. The van der Waals surface area contributed by atoms with E-state index in [-0.39, 0.29) is 0 Å². The van der Waals surface area contributed by atoms with Gasteiger partial charge in [0.25, 0.3) is 0 Å². The fraction of sp³-hybridized carbons (Fsp3) is 0. The number of aromatic nitrogens is 4. The van der Waals surface area contributed by atoms with Crippen molar-refractivity contribution < 1.29 is 4.42 Å². The Hall–Kier alpha value is -8.28.